The van der Waals surface area contributed by atoms with Crippen molar-refractivity contribution in [2.75, 3.05) is 0 Å². The van der Waals surface area contributed by atoms with Crippen molar-refractivity contribution in [1.29, 1.82) is 0 Å². The molecule has 1 N–H and O–H groups in total. The average molecular weight is 280 g/mol. The van der Waals surface area contributed by atoms with E-state index in [4.69, 9.17) is 4.74 Å². The monoisotopic (exact) mass is 280 g/mol. The molecule has 4 atom stereocenters. The zero-order valence-corrected chi connectivity index (χ0v) is 13.5. The molecule has 0 aromatic carbocycles. The summed E-state index contributed by atoms with van der Waals surface area (Å²) in [5, 5.41) is 10.1. The molecule has 1 aliphatic rings. The maximum Gasteiger partial charge on any atom is 0.0788 e. The van der Waals surface area contributed by atoms with Crippen LogP contribution in [0.5, 0.6) is 0 Å². The summed E-state index contributed by atoms with van der Waals surface area (Å²) < 4.78 is 6.05. The molecule has 2 nitrogen and oxygen atoms in total. The fourth-order valence-corrected chi connectivity index (χ4v) is 2.75. The van der Waals surface area contributed by atoms with Crippen molar-refractivity contribution in [3.63, 3.8) is 0 Å². The van der Waals surface area contributed by atoms with Crippen LogP contribution in [0.2, 0.25) is 0 Å². The molecule has 0 aromatic rings. The molecule has 1 rings (SSSR count). The number of hydrogen-bond acceptors (Lipinski definition) is 2. The van der Waals surface area contributed by atoms with Crippen molar-refractivity contribution in [3.8, 4) is 0 Å². The van der Waals surface area contributed by atoms with Crippen molar-refractivity contribution in [2.24, 2.45) is 5.92 Å². The molecule has 0 aliphatic carbocycles. The van der Waals surface area contributed by atoms with Crippen LogP contribution in [0.25, 0.3) is 0 Å². The predicted octanol–water partition coefficient (Wildman–Crippen LogP) is 4.63. The smallest absolute Gasteiger partial charge is 0.0788 e. The summed E-state index contributed by atoms with van der Waals surface area (Å²) in [5.74, 6) is 0.384. The number of rotatable bonds is 9. The highest BCUT2D eigenvalue weighted by Crippen LogP contribution is 2.31. The molecule has 0 bridgehead atoms. The minimum absolute atomic E-state index is 0.159. The molecular formula is C18H32O2. The van der Waals surface area contributed by atoms with Crippen molar-refractivity contribution >= 4 is 0 Å². The van der Waals surface area contributed by atoms with Gasteiger partial charge in [0, 0.05) is 0 Å². The first-order valence-corrected chi connectivity index (χ1v) is 8.10. The largest absolute Gasteiger partial charge is 0.393 e. The normalized spacial score (nSPS) is 25.7. The highest BCUT2D eigenvalue weighted by molar-refractivity contribution is 5.09. The SMILES string of the molecule is C=C(C)C(C)CC(O)CCC1O[C@@H](CCCC)CC1=C. The molecule has 0 aromatic heterocycles. The Kier molecular flexibility index (Phi) is 7.53. The van der Waals surface area contributed by atoms with Crippen LogP contribution in [0.1, 0.15) is 65.7 Å². The summed E-state index contributed by atoms with van der Waals surface area (Å²) in [6.45, 7) is 14.4. The molecule has 1 heterocycles. The molecule has 1 fully saturated rings. The Hall–Kier alpha value is -0.600. The molecule has 0 saturated carbocycles. The number of allylic oxidation sites excluding steroid dienone is 1. The maximum absolute atomic E-state index is 10.1. The van der Waals surface area contributed by atoms with Gasteiger partial charge in [-0.05, 0) is 50.5 Å². The van der Waals surface area contributed by atoms with E-state index in [1.807, 2.05) is 6.92 Å². The van der Waals surface area contributed by atoms with Crippen molar-refractivity contribution in [2.45, 2.75) is 84.0 Å². The minimum atomic E-state index is -0.257. The highest BCUT2D eigenvalue weighted by atomic mass is 16.5. The Morgan fingerprint density at radius 2 is 2.15 bits per heavy atom. The number of ether oxygens (including phenoxy) is 1. The Morgan fingerprint density at radius 1 is 1.45 bits per heavy atom. The van der Waals surface area contributed by atoms with E-state index < -0.39 is 0 Å². The quantitative estimate of drug-likeness (QED) is 0.624. The lowest BCUT2D eigenvalue weighted by atomic mass is 9.93. The van der Waals surface area contributed by atoms with E-state index in [-0.39, 0.29) is 12.2 Å². The van der Waals surface area contributed by atoms with Crippen molar-refractivity contribution in [3.05, 3.63) is 24.3 Å². The van der Waals surface area contributed by atoms with Gasteiger partial charge in [0.1, 0.15) is 0 Å². The Bertz CT molecular complexity index is 321. The number of unbranched alkanes of at least 4 members (excludes halogenated alkanes) is 1. The number of aliphatic hydroxyl groups is 1. The molecule has 2 heteroatoms. The fraction of sp³-hybridized carbons (Fsp3) is 0.778. The van der Waals surface area contributed by atoms with Gasteiger partial charge < -0.3 is 9.84 Å². The summed E-state index contributed by atoms with van der Waals surface area (Å²) in [7, 11) is 0. The van der Waals surface area contributed by atoms with Gasteiger partial charge in [0.25, 0.3) is 0 Å². The molecule has 116 valence electrons. The first-order valence-electron chi connectivity index (χ1n) is 8.10. The zero-order chi connectivity index (χ0) is 15.1. The third-order valence-electron chi connectivity index (χ3n) is 4.41. The second kappa shape index (κ2) is 8.63. The van der Waals surface area contributed by atoms with Crippen LogP contribution < -0.4 is 0 Å². The van der Waals surface area contributed by atoms with Gasteiger partial charge in [-0.3, -0.25) is 0 Å². The van der Waals surface area contributed by atoms with Gasteiger partial charge in [-0.2, -0.15) is 0 Å². The van der Waals surface area contributed by atoms with Gasteiger partial charge in [0.2, 0.25) is 0 Å². The van der Waals surface area contributed by atoms with E-state index in [9.17, 15) is 5.11 Å². The highest BCUT2D eigenvalue weighted by Gasteiger charge is 2.28. The average Bonchev–Trinajstić information content (AvgIpc) is 2.74. The summed E-state index contributed by atoms with van der Waals surface area (Å²) in [4.78, 5) is 0. The van der Waals surface area contributed by atoms with E-state index in [1.54, 1.807) is 0 Å². The Labute approximate surface area is 124 Å². The van der Waals surface area contributed by atoms with Crippen LogP contribution >= 0.6 is 0 Å². The van der Waals surface area contributed by atoms with E-state index in [2.05, 4.69) is 27.0 Å². The third-order valence-corrected chi connectivity index (χ3v) is 4.41. The van der Waals surface area contributed by atoms with Crippen molar-refractivity contribution < 1.29 is 9.84 Å². The van der Waals surface area contributed by atoms with E-state index in [1.165, 1.54) is 18.4 Å². The lowest BCUT2D eigenvalue weighted by molar-refractivity contribution is 0.0312. The molecule has 0 radical (unpaired) electrons. The number of aliphatic hydroxyl groups excluding tert-OH is 1. The predicted molar refractivity (Wildman–Crippen MR) is 85.8 cm³/mol. The molecule has 3 unspecified atom stereocenters. The van der Waals surface area contributed by atoms with Crippen molar-refractivity contribution in [1.82, 2.24) is 0 Å². The second-order valence-corrected chi connectivity index (χ2v) is 6.47. The third kappa shape index (κ3) is 5.80. The topological polar surface area (TPSA) is 29.5 Å². The van der Waals surface area contributed by atoms with Crippen LogP contribution in [0.3, 0.4) is 0 Å². The lowest BCUT2D eigenvalue weighted by Gasteiger charge is -2.19. The molecule has 1 aliphatic heterocycles. The maximum atomic E-state index is 10.1. The first kappa shape index (κ1) is 17.5. The van der Waals surface area contributed by atoms with Gasteiger partial charge in [-0.15, -0.1) is 0 Å². The van der Waals surface area contributed by atoms with Crippen LogP contribution in [-0.4, -0.2) is 23.4 Å². The van der Waals surface area contributed by atoms with Gasteiger partial charge in [-0.25, -0.2) is 0 Å². The summed E-state index contributed by atoms with van der Waals surface area (Å²) in [6, 6.07) is 0. The van der Waals surface area contributed by atoms with Gasteiger partial charge in [0.15, 0.2) is 0 Å². The van der Waals surface area contributed by atoms with Crippen LogP contribution in [0.4, 0.5) is 0 Å². The molecule has 0 spiro atoms. The zero-order valence-electron chi connectivity index (χ0n) is 13.5. The van der Waals surface area contributed by atoms with Gasteiger partial charge in [-0.1, -0.05) is 45.4 Å². The summed E-state index contributed by atoms with van der Waals surface area (Å²) >= 11 is 0. The van der Waals surface area contributed by atoms with Gasteiger partial charge >= 0.3 is 0 Å². The second-order valence-electron chi connectivity index (χ2n) is 6.47. The van der Waals surface area contributed by atoms with Gasteiger partial charge in [0.05, 0.1) is 18.3 Å². The lowest BCUT2D eigenvalue weighted by Crippen LogP contribution is -2.17. The Morgan fingerprint density at radius 3 is 2.75 bits per heavy atom. The van der Waals surface area contributed by atoms with E-state index >= 15 is 0 Å². The minimum Gasteiger partial charge on any atom is -0.393 e. The first-order chi connectivity index (χ1) is 9.43. The molecular weight excluding hydrogens is 248 g/mol. The summed E-state index contributed by atoms with van der Waals surface area (Å²) in [5.41, 5.74) is 2.36. The molecule has 0 amide bonds. The van der Waals surface area contributed by atoms with E-state index in [0.717, 1.165) is 37.7 Å². The molecule has 20 heavy (non-hydrogen) atoms. The van der Waals surface area contributed by atoms with Crippen LogP contribution in [-0.2, 0) is 4.74 Å². The fourth-order valence-electron chi connectivity index (χ4n) is 2.75. The standard InChI is InChI=1S/C18H32O2/c1-6-7-8-17-12-15(5)18(20-17)10-9-16(19)11-14(4)13(2)3/h14,16-19H,2,5-12H2,1,3-4H3/t14?,16?,17-,18?/m0/s1. The summed E-state index contributed by atoms with van der Waals surface area (Å²) in [6.07, 6.45) is 7.34. The molecule has 1 saturated heterocycles. The van der Waals surface area contributed by atoms with E-state index in [0.29, 0.717) is 12.0 Å². The number of hydrogen-bond donors (Lipinski definition) is 1. The van der Waals surface area contributed by atoms with Crippen LogP contribution in [0, 0.1) is 5.92 Å². The van der Waals surface area contributed by atoms with Crippen LogP contribution in [0.15, 0.2) is 24.3 Å². The Balaban J connectivity index is 2.27.